The highest BCUT2D eigenvalue weighted by Gasteiger charge is 2.37. The van der Waals surface area contributed by atoms with Crippen LogP contribution in [0.4, 0.5) is 22.0 Å². The van der Waals surface area contributed by atoms with Crippen molar-refractivity contribution in [3.05, 3.63) is 105 Å². The summed E-state index contributed by atoms with van der Waals surface area (Å²) in [5, 5.41) is 0.268. The van der Waals surface area contributed by atoms with E-state index in [4.69, 9.17) is 23.2 Å². The van der Waals surface area contributed by atoms with Gasteiger partial charge in [-0.25, -0.2) is 23.1 Å². The molecule has 0 unspecified atom stereocenters. The van der Waals surface area contributed by atoms with Crippen LogP contribution in [0.2, 0.25) is 10.0 Å². The lowest BCUT2D eigenvalue weighted by molar-refractivity contribution is 0.0652. The molecule has 0 saturated heterocycles. The average molecular weight is 637 g/mol. The van der Waals surface area contributed by atoms with Gasteiger partial charge in [0, 0.05) is 29.6 Å². The van der Waals surface area contributed by atoms with E-state index in [1.165, 1.54) is 27.0 Å². The van der Waals surface area contributed by atoms with Gasteiger partial charge in [-0.05, 0) is 60.9 Å². The van der Waals surface area contributed by atoms with E-state index in [1.54, 1.807) is 54.6 Å². The second-order valence-corrected chi connectivity index (χ2v) is 12.9. The van der Waals surface area contributed by atoms with E-state index in [0.29, 0.717) is 45.9 Å². The zero-order valence-corrected chi connectivity index (χ0v) is 25.0. The summed E-state index contributed by atoms with van der Waals surface area (Å²) >= 11 is 12.5. The summed E-state index contributed by atoms with van der Waals surface area (Å²) in [6, 6.07) is 18.2. The molecule has 2 aliphatic rings. The van der Waals surface area contributed by atoms with Crippen LogP contribution in [0.25, 0.3) is 0 Å². The number of nitrogens with zero attached hydrogens (tertiary/aromatic N) is 5. The van der Waals surface area contributed by atoms with Crippen molar-refractivity contribution in [3.8, 4) is 0 Å². The molecule has 0 radical (unpaired) electrons. The molecule has 10 nitrogen and oxygen atoms in total. The van der Waals surface area contributed by atoms with Gasteiger partial charge in [-0.3, -0.25) is 19.4 Å². The molecular weight excluding hydrogens is 613 g/mol. The summed E-state index contributed by atoms with van der Waals surface area (Å²) in [6.45, 7) is 0.284. The minimum Gasteiger partial charge on any atom is -0.288 e. The molecule has 1 aromatic heterocycles. The Morgan fingerprint density at radius 3 is 2.30 bits per heavy atom. The van der Waals surface area contributed by atoms with Gasteiger partial charge in [0.2, 0.25) is 15.0 Å². The maximum Gasteiger partial charge on any atom is 0.335 e. The van der Waals surface area contributed by atoms with Crippen LogP contribution in [0.15, 0.2) is 78.1 Å². The monoisotopic (exact) mass is 635 g/mol. The first-order valence-electron chi connectivity index (χ1n) is 13.2. The normalized spacial score (nSPS) is 14.8. The number of aromatic nitrogens is 2. The van der Waals surface area contributed by atoms with E-state index in [2.05, 4.69) is 9.97 Å². The van der Waals surface area contributed by atoms with Crippen molar-refractivity contribution in [1.82, 2.24) is 14.9 Å². The van der Waals surface area contributed by atoms with Gasteiger partial charge in [0.15, 0.2) is 5.82 Å². The first-order valence-corrected chi connectivity index (χ1v) is 15.8. The molecular formula is C30H23Cl2N5O5S. The van der Waals surface area contributed by atoms with Crippen LogP contribution in [0.3, 0.4) is 0 Å². The fourth-order valence-electron chi connectivity index (χ4n) is 5.17. The summed E-state index contributed by atoms with van der Waals surface area (Å²) in [4.78, 5) is 51.8. The molecule has 218 valence electrons. The number of hydrogen-bond acceptors (Lipinski definition) is 7. The van der Waals surface area contributed by atoms with E-state index < -0.39 is 21.0 Å². The molecule has 13 heteroatoms. The third-order valence-corrected chi connectivity index (χ3v) is 8.61. The number of carbonyl (C=O) groups is 3. The summed E-state index contributed by atoms with van der Waals surface area (Å²) in [7, 11) is -3.76. The predicted octanol–water partition coefficient (Wildman–Crippen LogP) is 5.69. The topological polar surface area (TPSA) is 121 Å². The van der Waals surface area contributed by atoms with Crippen LogP contribution in [-0.2, 0) is 22.8 Å². The number of amides is 4. The number of urea groups is 1. The molecule has 0 spiro atoms. The Morgan fingerprint density at radius 1 is 0.907 bits per heavy atom. The van der Waals surface area contributed by atoms with Gasteiger partial charge in [-0.2, -0.15) is 4.98 Å². The number of halogens is 2. The van der Waals surface area contributed by atoms with Gasteiger partial charge in [0.05, 0.1) is 34.1 Å². The first-order chi connectivity index (χ1) is 20.5. The zero-order chi connectivity index (χ0) is 30.5. The Labute approximate surface area is 257 Å². The number of fused-ring (bicyclic) bond motifs is 2. The molecule has 0 fully saturated rings. The molecule has 2 aliphatic heterocycles. The lowest BCUT2D eigenvalue weighted by Crippen LogP contribution is -2.45. The van der Waals surface area contributed by atoms with E-state index in [0.717, 1.165) is 11.8 Å². The number of aryl methyl sites for hydroxylation is 1. The Morgan fingerprint density at radius 2 is 1.63 bits per heavy atom. The highest BCUT2D eigenvalue weighted by molar-refractivity contribution is 7.90. The third kappa shape index (κ3) is 5.35. The molecule has 43 heavy (non-hydrogen) atoms. The lowest BCUT2D eigenvalue weighted by Gasteiger charge is -2.36. The summed E-state index contributed by atoms with van der Waals surface area (Å²) < 4.78 is 24.6. The number of carbonyl (C=O) groups excluding carboxylic acids is 3. The van der Waals surface area contributed by atoms with Crippen LogP contribution in [0, 0.1) is 0 Å². The lowest BCUT2D eigenvalue weighted by atomic mass is 10.1. The van der Waals surface area contributed by atoms with Gasteiger partial charge >= 0.3 is 6.03 Å². The fourth-order valence-corrected chi connectivity index (χ4v) is 6.18. The van der Waals surface area contributed by atoms with E-state index in [-0.39, 0.29) is 35.7 Å². The maximum atomic E-state index is 14.0. The molecule has 6 rings (SSSR count). The largest absolute Gasteiger partial charge is 0.335 e. The average Bonchev–Trinajstić information content (AvgIpc) is 3.21. The van der Waals surface area contributed by atoms with Crippen molar-refractivity contribution in [2.24, 2.45) is 0 Å². The summed E-state index contributed by atoms with van der Waals surface area (Å²) in [5.41, 5.74) is 3.00. The SMILES string of the molecule is CS(=O)(=O)c1ncc2c(n1)N(c1cccc(CCCN3C(=O)c4ccccc4C3=O)c1)C(=O)N(c1ccc(Cl)cc1Cl)C2. The van der Waals surface area contributed by atoms with Gasteiger partial charge in [0.1, 0.15) is 0 Å². The van der Waals surface area contributed by atoms with Gasteiger partial charge in [-0.1, -0.05) is 47.5 Å². The molecule has 0 bridgehead atoms. The number of sulfone groups is 1. The van der Waals surface area contributed by atoms with Crippen molar-refractivity contribution < 1.29 is 22.8 Å². The standard InChI is InChI=1S/C30H23Cl2N5O5S/c1-43(41,42)29-33-16-19-17-36(25-12-11-20(31)15-24(25)32)30(40)37(26(19)34-29)21-8-4-6-18(14-21)7-5-13-35-27(38)22-9-2-3-10-23(22)28(35)39/h2-4,6,8-12,14-16H,5,7,13,17H2,1H3. The molecule has 0 atom stereocenters. The van der Waals surface area contributed by atoms with Crippen LogP contribution in [-0.4, -0.2) is 53.9 Å². The predicted molar refractivity (Wildman–Crippen MR) is 162 cm³/mol. The second kappa shape index (κ2) is 11.1. The molecule has 0 N–H and O–H groups in total. The molecule has 0 aliphatic carbocycles. The number of benzene rings is 3. The minimum absolute atomic E-state index is 0.0516. The van der Waals surface area contributed by atoms with Crippen molar-refractivity contribution >= 4 is 68.1 Å². The van der Waals surface area contributed by atoms with E-state index in [1.807, 2.05) is 6.07 Å². The molecule has 0 saturated carbocycles. The smallest absolute Gasteiger partial charge is 0.288 e. The Kier molecular flexibility index (Phi) is 7.41. The molecule has 4 amide bonds. The number of hydrogen-bond donors (Lipinski definition) is 0. The van der Waals surface area contributed by atoms with Crippen molar-refractivity contribution in [2.75, 3.05) is 22.6 Å². The Hall–Kier alpha value is -4.32. The van der Waals surface area contributed by atoms with Gasteiger partial charge in [0.25, 0.3) is 11.8 Å². The fraction of sp³-hybridized carbons (Fsp3) is 0.167. The number of anilines is 3. The molecule has 4 aromatic rings. The van der Waals surface area contributed by atoms with Crippen LogP contribution < -0.4 is 9.80 Å². The van der Waals surface area contributed by atoms with Gasteiger partial charge in [-0.15, -0.1) is 0 Å². The molecule has 3 aromatic carbocycles. The second-order valence-electron chi connectivity index (χ2n) is 10.2. The zero-order valence-electron chi connectivity index (χ0n) is 22.7. The summed E-state index contributed by atoms with van der Waals surface area (Å²) in [5.74, 6) is -0.482. The Balaban J connectivity index is 1.30. The van der Waals surface area contributed by atoms with E-state index >= 15 is 0 Å². The number of rotatable bonds is 7. The van der Waals surface area contributed by atoms with Crippen LogP contribution in [0.1, 0.15) is 38.3 Å². The van der Waals surface area contributed by atoms with E-state index in [9.17, 15) is 22.8 Å². The highest BCUT2D eigenvalue weighted by Crippen LogP contribution is 2.39. The number of imide groups is 1. The van der Waals surface area contributed by atoms with Crippen molar-refractivity contribution in [3.63, 3.8) is 0 Å². The quantitative estimate of drug-likeness (QED) is 0.189. The third-order valence-electron chi connectivity index (χ3n) is 7.21. The first kappa shape index (κ1) is 28.8. The maximum absolute atomic E-state index is 14.0. The van der Waals surface area contributed by atoms with Crippen molar-refractivity contribution in [2.45, 2.75) is 24.5 Å². The highest BCUT2D eigenvalue weighted by atomic mass is 35.5. The van der Waals surface area contributed by atoms with Crippen LogP contribution in [0.5, 0.6) is 0 Å². The van der Waals surface area contributed by atoms with Gasteiger partial charge < -0.3 is 0 Å². The van der Waals surface area contributed by atoms with Crippen molar-refractivity contribution in [1.29, 1.82) is 0 Å². The molecule has 3 heterocycles. The minimum atomic E-state index is -3.76. The Bertz CT molecular complexity index is 1900. The van der Waals surface area contributed by atoms with Crippen LogP contribution >= 0.6 is 23.2 Å². The summed E-state index contributed by atoms with van der Waals surface area (Å²) in [6.07, 6.45) is 3.38.